The Morgan fingerprint density at radius 1 is 1.12 bits per heavy atom. The van der Waals surface area contributed by atoms with Gasteiger partial charge in [0.05, 0.1) is 4.90 Å². The number of sulfonamides is 1. The third kappa shape index (κ3) is 4.09. The van der Waals surface area contributed by atoms with Gasteiger partial charge in [-0.25, -0.2) is 13.4 Å². The molecule has 1 amide bonds. The first-order valence-corrected chi connectivity index (χ1v) is 10.1. The molecule has 0 saturated heterocycles. The topological polar surface area (TPSA) is 88.2 Å². The molecule has 0 bridgehead atoms. The summed E-state index contributed by atoms with van der Waals surface area (Å²) in [5.74, 6) is -0.354. The van der Waals surface area contributed by atoms with E-state index in [1.807, 2.05) is 13.0 Å². The lowest BCUT2D eigenvalue weighted by Crippen LogP contribution is -2.16. The van der Waals surface area contributed by atoms with Crippen molar-refractivity contribution in [3.63, 3.8) is 0 Å². The largest absolute Gasteiger partial charge is 0.298 e. The number of rotatable bonds is 5. The van der Waals surface area contributed by atoms with Gasteiger partial charge in [0, 0.05) is 22.8 Å². The van der Waals surface area contributed by atoms with Crippen LogP contribution >= 0.6 is 11.3 Å². The lowest BCUT2D eigenvalue weighted by molar-refractivity contribution is 0.102. The summed E-state index contributed by atoms with van der Waals surface area (Å²) in [5.41, 5.74) is 2.16. The molecule has 26 heavy (non-hydrogen) atoms. The number of benzene rings is 2. The molecular formula is C18H17N3O3S2. The molecule has 3 rings (SSSR count). The van der Waals surface area contributed by atoms with Gasteiger partial charge in [0.1, 0.15) is 0 Å². The lowest BCUT2D eigenvalue weighted by atomic mass is 10.2. The van der Waals surface area contributed by atoms with E-state index in [2.05, 4.69) is 15.0 Å². The van der Waals surface area contributed by atoms with Gasteiger partial charge < -0.3 is 0 Å². The number of carbonyl (C=O) groups is 1. The molecule has 0 aliphatic rings. The molecule has 2 aromatic carbocycles. The number of nitrogens with zero attached hydrogens (tertiary/aromatic N) is 1. The fraction of sp³-hybridized carbons (Fsp3) is 0.111. The molecule has 0 unspecified atom stereocenters. The molecule has 1 heterocycles. The van der Waals surface area contributed by atoms with Crippen molar-refractivity contribution in [3.05, 3.63) is 70.7 Å². The number of nitrogens with one attached hydrogen (secondary N) is 2. The summed E-state index contributed by atoms with van der Waals surface area (Å²) in [6.07, 6.45) is 1.59. The van der Waals surface area contributed by atoms with Crippen LogP contribution in [0, 0.1) is 13.8 Å². The highest BCUT2D eigenvalue weighted by molar-refractivity contribution is 7.92. The average molecular weight is 387 g/mol. The molecule has 6 nitrogen and oxygen atoms in total. The quantitative estimate of drug-likeness (QED) is 0.697. The van der Waals surface area contributed by atoms with Crippen molar-refractivity contribution < 1.29 is 13.2 Å². The van der Waals surface area contributed by atoms with Crippen LogP contribution in [-0.4, -0.2) is 19.3 Å². The van der Waals surface area contributed by atoms with E-state index < -0.39 is 10.0 Å². The molecule has 0 saturated carbocycles. The summed E-state index contributed by atoms with van der Waals surface area (Å²) in [6, 6.07) is 11.6. The summed E-state index contributed by atoms with van der Waals surface area (Å²) in [7, 11) is -3.75. The Kier molecular flexibility index (Phi) is 5.06. The maximum Gasteiger partial charge on any atom is 0.262 e. The van der Waals surface area contributed by atoms with Crippen LogP contribution in [0.5, 0.6) is 0 Å². The molecule has 0 spiro atoms. The van der Waals surface area contributed by atoms with Crippen molar-refractivity contribution in [1.29, 1.82) is 0 Å². The minimum atomic E-state index is -3.75. The summed E-state index contributed by atoms with van der Waals surface area (Å²) in [6.45, 7) is 3.58. The van der Waals surface area contributed by atoms with Crippen LogP contribution in [0.4, 0.5) is 10.8 Å². The van der Waals surface area contributed by atoms with Crippen LogP contribution in [0.1, 0.15) is 21.5 Å². The monoisotopic (exact) mass is 387 g/mol. The van der Waals surface area contributed by atoms with Crippen LogP contribution in [-0.2, 0) is 10.0 Å². The molecule has 8 heteroatoms. The lowest BCUT2D eigenvalue weighted by Gasteiger charge is -2.12. The molecule has 2 N–H and O–H groups in total. The second-order valence-electron chi connectivity index (χ2n) is 5.75. The second-order valence-corrected chi connectivity index (χ2v) is 8.29. The molecule has 0 aliphatic heterocycles. The van der Waals surface area contributed by atoms with Crippen molar-refractivity contribution in [2.45, 2.75) is 18.7 Å². The third-order valence-corrected chi connectivity index (χ3v) is 5.87. The van der Waals surface area contributed by atoms with E-state index in [0.717, 1.165) is 5.56 Å². The number of hydrogen-bond donors (Lipinski definition) is 2. The van der Waals surface area contributed by atoms with E-state index in [-0.39, 0.29) is 10.8 Å². The van der Waals surface area contributed by atoms with E-state index in [0.29, 0.717) is 21.9 Å². The number of anilines is 2. The van der Waals surface area contributed by atoms with Crippen molar-refractivity contribution >= 4 is 38.1 Å². The second kappa shape index (κ2) is 7.27. The van der Waals surface area contributed by atoms with E-state index in [1.165, 1.54) is 17.4 Å². The zero-order chi connectivity index (χ0) is 18.7. The van der Waals surface area contributed by atoms with Crippen LogP contribution in [0.2, 0.25) is 0 Å². The number of aromatic nitrogens is 1. The Balaban J connectivity index is 1.84. The Morgan fingerprint density at radius 3 is 2.65 bits per heavy atom. The predicted octanol–water partition coefficient (Wildman–Crippen LogP) is 3.81. The Bertz CT molecular complexity index is 1050. The number of aryl methyl sites for hydroxylation is 2. The molecular weight excluding hydrogens is 370 g/mol. The van der Waals surface area contributed by atoms with Gasteiger partial charge in [-0.05, 0) is 49.2 Å². The van der Waals surface area contributed by atoms with Gasteiger partial charge in [-0.3, -0.25) is 14.8 Å². The van der Waals surface area contributed by atoms with Crippen LogP contribution in [0.25, 0.3) is 0 Å². The molecule has 134 valence electrons. The molecule has 0 fully saturated rings. The fourth-order valence-electron chi connectivity index (χ4n) is 2.39. The van der Waals surface area contributed by atoms with Gasteiger partial charge in [0.2, 0.25) is 0 Å². The Morgan fingerprint density at radius 2 is 1.92 bits per heavy atom. The first-order valence-electron chi connectivity index (χ1n) is 7.76. The standard InChI is InChI=1S/C18H17N3O3S2/c1-12-6-7-13(2)16(10-12)26(23,24)21-15-5-3-4-14(11-15)17(22)20-18-19-8-9-25-18/h3-11,21H,1-2H3,(H,19,20,22). The number of amides is 1. The minimum Gasteiger partial charge on any atom is -0.298 e. The van der Waals surface area contributed by atoms with E-state index >= 15 is 0 Å². The van der Waals surface area contributed by atoms with Gasteiger partial charge in [0.25, 0.3) is 15.9 Å². The van der Waals surface area contributed by atoms with Crippen LogP contribution in [0.15, 0.2) is 58.9 Å². The van der Waals surface area contributed by atoms with Crippen molar-refractivity contribution in [1.82, 2.24) is 4.98 Å². The van der Waals surface area contributed by atoms with E-state index in [9.17, 15) is 13.2 Å². The summed E-state index contributed by atoms with van der Waals surface area (Å²) in [4.78, 5) is 16.5. The summed E-state index contributed by atoms with van der Waals surface area (Å²) < 4.78 is 27.9. The number of hydrogen-bond acceptors (Lipinski definition) is 5. The maximum atomic E-state index is 12.7. The van der Waals surface area contributed by atoms with Crippen LogP contribution in [0.3, 0.4) is 0 Å². The fourth-order valence-corrected chi connectivity index (χ4v) is 4.29. The molecule has 0 radical (unpaired) electrons. The first-order chi connectivity index (χ1) is 12.3. The van der Waals surface area contributed by atoms with Crippen molar-refractivity contribution in [3.8, 4) is 0 Å². The highest BCUT2D eigenvalue weighted by atomic mass is 32.2. The number of carbonyl (C=O) groups excluding carboxylic acids is 1. The third-order valence-electron chi connectivity index (χ3n) is 3.66. The van der Waals surface area contributed by atoms with Gasteiger partial charge in [-0.2, -0.15) is 0 Å². The molecule has 0 aliphatic carbocycles. The first kappa shape index (κ1) is 18.1. The van der Waals surface area contributed by atoms with Gasteiger partial charge >= 0.3 is 0 Å². The normalized spacial score (nSPS) is 11.2. The Labute approximate surface area is 156 Å². The Hall–Kier alpha value is -2.71. The SMILES string of the molecule is Cc1ccc(C)c(S(=O)(=O)Nc2cccc(C(=O)Nc3nccs3)c2)c1. The molecule has 0 atom stereocenters. The van der Waals surface area contributed by atoms with Gasteiger partial charge in [0.15, 0.2) is 5.13 Å². The van der Waals surface area contributed by atoms with E-state index in [1.54, 1.807) is 48.8 Å². The highest BCUT2D eigenvalue weighted by Crippen LogP contribution is 2.22. The highest BCUT2D eigenvalue weighted by Gasteiger charge is 2.18. The molecule has 1 aromatic heterocycles. The smallest absolute Gasteiger partial charge is 0.262 e. The van der Waals surface area contributed by atoms with E-state index in [4.69, 9.17) is 0 Å². The number of thiazole rings is 1. The summed E-state index contributed by atoms with van der Waals surface area (Å²) in [5, 5.41) is 4.90. The summed E-state index contributed by atoms with van der Waals surface area (Å²) >= 11 is 1.31. The zero-order valence-corrected chi connectivity index (χ0v) is 15.8. The average Bonchev–Trinajstić information content (AvgIpc) is 3.09. The zero-order valence-electron chi connectivity index (χ0n) is 14.2. The molecule has 3 aromatic rings. The maximum absolute atomic E-state index is 12.7. The predicted molar refractivity (Wildman–Crippen MR) is 103 cm³/mol. The van der Waals surface area contributed by atoms with Gasteiger partial charge in [-0.15, -0.1) is 11.3 Å². The van der Waals surface area contributed by atoms with Gasteiger partial charge in [-0.1, -0.05) is 18.2 Å². The minimum absolute atomic E-state index is 0.218. The van der Waals surface area contributed by atoms with Crippen molar-refractivity contribution in [2.24, 2.45) is 0 Å². The van der Waals surface area contributed by atoms with Crippen molar-refractivity contribution in [2.75, 3.05) is 10.0 Å². The van der Waals surface area contributed by atoms with Crippen LogP contribution < -0.4 is 10.0 Å².